The number of nitrogens with two attached hydrogens (primary N) is 1. The zero-order valence-corrected chi connectivity index (χ0v) is 15.1. The van der Waals surface area contributed by atoms with Crippen LogP contribution in [0.4, 0.5) is 0 Å². The number of hydrogen-bond acceptors (Lipinski definition) is 3. The monoisotopic (exact) mass is 388 g/mol. The molecule has 0 fully saturated rings. The van der Waals surface area contributed by atoms with E-state index in [1.54, 1.807) is 0 Å². The van der Waals surface area contributed by atoms with Gasteiger partial charge in [0.15, 0.2) is 0 Å². The predicted octanol–water partition coefficient (Wildman–Crippen LogP) is 4.07. The fraction of sp³-hybridized carbons (Fsp3) is 0.267. The average molecular weight is 390 g/mol. The number of rotatable bonds is 4. The van der Waals surface area contributed by atoms with Gasteiger partial charge in [0.2, 0.25) is 0 Å². The molecule has 114 valence electrons. The third-order valence-corrected chi connectivity index (χ3v) is 4.58. The van der Waals surface area contributed by atoms with E-state index in [2.05, 4.69) is 21.2 Å². The van der Waals surface area contributed by atoms with Crippen LogP contribution in [0.25, 0.3) is 10.4 Å². The Morgan fingerprint density at radius 2 is 1.86 bits per heavy atom. The Morgan fingerprint density at radius 1 is 1.24 bits per heavy atom. The summed E-state index contributed by atoms with van der Waals surface area (Å²) in [5, 5.41) is 2.94. The summed E-state index contributed by atoms with van der Waals surface area (Å²) in [5.41, 5.74) is 6.34. The molecule has 2 aromatic rings. The SMILES string of the molecule is CC(C)(CN)NC(=O)c1ccc(-c2ccc(Br)cc2)s1.Cl. The molecule has 1 heterocycles. The van der Waals surface area contributed by atoms with Crippen LogP contribution in [-0.2, 0) is 0 Å². The van der Waals surface area contributed by atoms with E-state index in [0.29, 0.717) is 11.4 Å². The van der Waals surface area contributed by atoms with Crippen LogP contribution in [0.1, 0.15) is 23.5 Å². The number of thiophene rings is 1. The van der Waals surface area contributed by atoms with Crippen molar-refractivity contribution in [3.05, 3.63) is 45.7 Å². The van der Waals surface area contributed by atoms with E-state index < -0.39 is 5.54 Å². The molecule has 1 aromatic carbocycles. The first kappa shape index (κ1) is 18.2. The summed E-state index contributed by atoms with van der Waals surface area (Å²) in [6.45, 7) is 4.23. The van der Waals surface area contributed by atoms with E-state index in [0.717, 1.165) is 14.9 Å². The maximum absolute atomic E-state index is 12.2. The molecule has 3 N–H and O–H groups in total. The van der Waals surface area contributed by atoms with Crippen LogP contribution in [0.3, 0.4) is 0 Å². The van der Waals surface area contributed by atoms with Crippen LogP contribution in [-0.4, -0.2) is 18.0 Å². The maximum Gasteiger partial charge on any atom is 0.261 e. The van der Waals surface area contributed by atoms with Crippen molar-refractivity contribution in [3.8, 4) is 10.4 Å². The van der Waals surface area contributed by atoms with Crippen molar-refractivity contribution >= 4 is 45.6 Å². The highest BCUT2D eigenvalue weighted by Crippen LogP contribution is 2.29. The normalized spacial score (nSPS) is 10.9. The molecular formula is C15H18BrClN2OS. The lowest BCUT2D eigenvalue weighted by Gasteiger charge is -2.23. The zero-order chi connectivity index (χ0) is 14.8. The molecule has 0 aliphatic carbocycles. The highest BCUT2D eigenvalue weighted by atomic mass is 79.9. The van der Waals surface area contributed by atoms with Crippen molar-refractivity contribution in [1.82, 2.24) is 5.32 Å². The molecule has 0 radical (unpaired) electrons. The molecule has 21 heavy (non-hydrogen) atoms. The second kappa shape index (κ2) is 7.40. The van der Waals surface area contributed by atoms with Gasteiger partial charge in [-0.3, -0.25) is 4.79 Å². The van der Waals surface area contributed by atoms with E-state index in [9.17, 15) is 4.79 Å². The number of halogens is 2. The Bertz CT molecular complexity index is 610. The van der Waals surface area contributed by atoms with Gasteiger partial charge in [-0.1, -0.05) is 28.1 Å². The van der Waals surface area contributed by atoms with Crippen molar-refractivity contribution < 1.29 is 4.79 Å². The Balaban J connectivity index is 0.00000220. The second-order valence-corrected chi connectivity index (χ2v) is 7.21. The van der Waals surface area contributed by atoms with Gasteiger partial charge in [-0.25, -0.2) is 0 Å². The number of carbonyl (C=O) groups is 1. The molecular weight excluding hydrogens is 372 g/mol. The smallest absolute Gasteiger partial charge is 0.261 e. The quantitative estimate of drug-likeness (QED) is 0.828. The molecule has 0 saturated carbocycles. The van der Waals surface area contributed by atoms with Crippen molar-refractivity contribution in [1.29, 1.82) is 0 Å². The van der Waals surface area contributed by atoms with Gasteiger partial charge in [0.05, 0.1) is 4.88 Å². The molecule has 2 rings (SSSR count). The van der Waals surface area contributed by atoms with Crippen LogP contribution in [0.5, 0.6) is 0 Å². The van der Waals surface area contributed by atoms with Gasteiger partial charge < -0.3 is 11.1 Å². The number of benzene rings is 1. The van der Waals surface area contributed by atoms with Gasteiger partial charge in [0.1, 0.15) is 0 Å². The highest BCUT2D eigenvalue weighted by Gasteiger charge is 2.20. The van der Waals surface area contributed by atoms with Crippen molar-refractivity contribution in [2.75, 3.05) is 6.54 Å². The lowest BCUT2D eigenvalue weighted by atomic mass is 10.1. The fourth-order valence-electron chi connectivity index (χ4n) is 1.65. The molecule has 0 bridgehead atoms. The Morgan fingerprint density at radius 3 is 2.43 bits per heavy atom. The number of nitrogens with one attached hydrogen (secondary N) is 1. The average Bonchev–Trinajstić information content (AvgIpc) is 2.89. The van der Waals surface area contributed by atoms with Gasteiger partial charge in [-0.2, -0.15) is 0 Å². The number of carbonyl (C=O) groups excluding carboxylic acids is 1. The van der Waals surface area contributed by atoms with Gasteiger partial charge in [-0.05, 0) is 43.7 Å². The topological polar surface area (TPSA) is 55.1 Å². The van der Waals surface area contributed by atoms with Gasteiger partial charge in [0, 0.05) is 21.4 Å². The molecule has 6 heteroatoms. The minimum atomic E-state index is -0.390. The third kappa shape index (κ3) is 4.81. The lowest BCUT2D eigenvalue weighted by molar-refractivity contribution is 0.0920. The van der Waals surface area contributed by atoms with Crippen molar-refractivity contribution in [2.24, 2.45) is 5.73 Å². The van der Waals surface area contributed by atoms with Gasteiger partial charge >= 0.3 is 0 Å². The van der Waals surface area contributed by atoms with E-state index in [1.807, 2.05) is 50.2 Å². The summed E-state index contributed by atoms with van der Waals surface area (Å²) in [5.74, 6) is -0.0752. The van der Waals surface area contributed by atoms with Crippen LogP contribution >= 0.6 is 39.7 Å². The minimum absolute atomic E-state index is 0. The van der Waals surface area contributed by atoms with Crippen molar-refractivity contribution in [3.63, 3.8) is 0 Å². The fourth-order valence-corrected chi connectivity index (χ4v) is 2.82. The number of amides is 1. The van der Waals surface area contributed by atoms with Gasteiger partial charge in [-0.15, -0.1) is 23.7 Å². The van der Waals surface area contributed by atoms with E-state index >= 15 is 0 Å². The minimum Gasteiger partial charge on any atom is -0.345 e. The van der Waals surface area contributed by atoms with E-state index in [-0.39, 0.29) is 18.3 Å². The van der Waals surface area contributed by atoms with Crippen LogP contribution < -0.4 is 11.1 Å². The van der Waals surface area contributed by atoms with Crippen LogP contribution in [0.15, 0.2) is 40.9 Å². The zero-order valence-electron chi connectivity index (χ0n) is 11.9. The molecule has 0 aliphatic rings. The second-order valence-electron chi connectivity index (χ2n) is 5.21. The molecule has 0 spiro atoms. The molecule has 0 aliphatic heterocycles. The summed E-state index contributed by atoms with van der Waals surface area (Å²) < 4.78 is 1.04. The number of hydrogen-bond donors (Lipinski definition) is 2. The standard InChI is InChI=1S/C15H17BrN2OS.ClH/c1-15(2,9-17)18-14(19)13-8-7-12(20-13)10-3-5-11(16)6-4-10;/h3-8H,9,17H2,1-2H3,(H,18,19);1H. The molecule has 3 nitrogen and oxygen atoms in total. The largest absolute Gasteiger partial charge is 0.345 e. The summed E-state index contributed by atoms with van der Waals surface area (Å²) in [4.78, 5) is 13.9. The molecule has 0 unspecified atom stereocenters. The third-order valence-electron chi connectivity index (χ3n) is 2.92. The summed E-state index contributed by atoms with van der Waals surface area (Å²) in [6.07, 6.45) is 0. The van der Waals surface area contributed by atoms with Crippen molar-refractivity contribution in [2.45, 2.75) is 19.4 Å². The van der Waals surface area contributed by atoms with Crippen LogP contribution in [0.2, 0.25) is 0 Å². The highest BCUT2D eigenvalue weighted by molar-refractivity contribution is 9.10. The Kier molecular flexibility index (Phi) is 6.41. The summed E-state index contributed by atoms with van der Waals surface area (Å²) >= 11 is 4.90. The molecule has 0 atom stereocenters. The molecule has 1 aromatic heterocycles. The molecule has 0 saturated heterocycles. The van der Waals surface area contributed by atoms with E-state index in [4.69, 9.17) is 5.73 Å². The first-order chi connectivity index (χ1) is 9.41. The summed E-state index contributed by atoms with van der Waals surface area (Å²) in [7, 11) is 0. The summed E-state index contributed by atoms with van der Waals surface area (Å²) in [6, 6.07) is 11.9. The van der Waals surface area contributed by atoms with Gasteiger partial charge in [0.25, 0.3) is 5.91 Å². The first-order valence-electron chi connectivity index (χ1n) is 6.30. The Labute approximate surface area is 143 Å². The lowest BCUT2D eigenvalue weighted by Crippen LogP contribution is -2.48. The molecule has 1 amide bonds. The van der Waals surface area contributed by atoms with E-state index in [1.165, 1.54) is 11.3 Å². The maximum atomic E-state index is 12.2. The Hall–Kier alpha value is -0.880. The first-order valence-corrected chi connectivity index (χ1v) is 7.90. The van der Waals surface area contributed by atoms with Crippen LogP contribution in [0, 0.1) is 0 Å². The predicted molar refractivity (Wildman–Crippen MR) is 95.3 cm³/mol.